The third-order valence-corrected chi connectivity index (χ3v) is 1.83. The maximum Gasteiger partial charge on any atom is 0.106 e. The molecule has 1 aliphatic rings. The molecule has 0 aliphatic heterocycles. The van der Waals surface area contributed by atoms with Crippen LogP contribution in [0.25, 0.3) is 0 Å². The monoisotopic (exact) mass is 153 g/mol. The Morgan fingerprint density at radius 2 is 2.36 bits per heavy atom. The van der Waals surface area contributed by atoms with E-state index in [9.17, 15) is 0 Å². The molecule has 0 heterocycles. The lowest BCUT2D eigenvalue weighted by Gasteiger charge is -1.87. The molecule has 1 rings (SSSR count). The summed E-state index contributed by atoms with van der Waals surface area (Å²) in [6.45, 7) is 0. The summed E-state index contributed by atoms with van der Waals surface area (Å²) in [6.07, 6.45) is 11.2. The number of allylic oxidation sites excluding steroid dienone is 2. The molecule has 2 heteroatoms. The zero-order chi connectivity index (χ0) is 7.94. The first kappa shape index (κ1) is 8.31. The Morgan fingerprint density at radius 1 is 1.55 bits per heavy atom. The number of rotatable bonds is 5. The molecule has 0 saturated heterocycles. The van der Waals surface area contributed by atoms with E-state index in [-0.39, 0.29) is 0 Å². The van der Waals surface area contributed by atoms with Gasteiger partial charge in [0.25, 0.3) is 0 Å². The summed E-state index contributed by atoms with van der Waals surface area (Å²) in [5.74, 6) is 1.03. The van der Waals surface area contributed by atoms with E-state index in [2.05, 4.69) is 16.1 Å². The smallest absolute Gasteiger partial charge is 0.106 e. The first-order valence-corrected chi connectivity index (χ1v) is 4.15. The third-order valence-electron chi connectivity index (χ3n) is 1.83. The zero-order valence-electron chi connectivity index (χ0n) is 6.99. The highest BCUT2D eigenvalue weighted by atomic mass is 16.6. The molecule has 0 atom stereocenters. The largest absolute Gasteiger partial charge is 0.399 e. The fourth-order valence-electron chi connectivity index (χ4n) is 0.992. The summed E-state index contributed by atoms with van der Waals surface area (Å²) in [6, 6.07) is 0. The molecule has 0 aromatic heterocycles. The van der Waals surface area contributed by atoms with Crippen LogP contribution >= 0.6 is 0 Å². The van der Waals surface area contributed by atoms with Gasteiger partial charge in [0.05, 0.1) is 6.21 Å². The van der Waals surface area contributed by atoms with Crippen molar-refractivity contribution in [1.29, 1.82) is 0 Å². The van der Waals surface area contributed by atoms with Crippen molar-refractivity contribution in [3.05, 3.63) is 12.2 Å². The van der Waals surface area contributed by atoms with E-state index >= 15 is 0 Å². The number of nitrogens with zero attached hydrogens (tertiary/aromatic N) is 1. The summed E-state index contributed by atoms with van der Waals surface area (Å²) in [5, 5.41) is 3.59. The van der Waals surface area contributed by atoms with E-state index in [4.69, 9.17) is 0 Å². The van der Waals surface area contributed by atoms with Gasteiger partial charge in [-0.05, 0) is 24.8 Å². The molecular formula is C9H15NO. The van der Waals surface area contributed by atoms with Gasteiger partial charge in [0, 0.05) is 0 Å². The van der Waals surface area contributed by atoms with Crippen LogP contribution in [0.5, 0.6) is 0 Å². The number of hydrogen-bond acceptors (Lipinski definition) is 2. The van der Waals surface area contributed by atoms with E-state index in [0.717, 1.165) is 5.92 Å². The van der Waals surface area contributed by atoms with Crippen molar-refractivity contribution in [2.45, 2.75) is 25.7 Å². The van der Waals surface area contributed by atoms with E-state index in [1.54, 1.807) is 13.3 Å². The standard InChI is InChI=1S/C9H15NO/c1-11-10-8-4-2-3-5-9-6-7-9/h2,4,8-9H,3,5-7H2,1H3. The van der Waals surface area contributed by atoms with E-state index < -0.39 is 0 Å². The Kier molecular flexibility index (Phi) is 3.73. The first-order chi connectivity index (χ1) is 5.43. The molecule has 0 aromatic carbocycles. The minimum Gasteiger partial charge on any atom is -0.399 e. The topological polar surface area (TPSA) is 21.6 Å². The Labute approximate surface area is 67.9 Å². The zero-order valence-corrected chi connectivity index (χ0v) is 6.99. The molecule has 0 amide bonds. The summed E-state index contributed by atoms with van der Waals surface area (Å²) >= 11 is 0. The van der Waals surface area contributed by atoms with Gasteiger partial charge in [0.2, 0.25) is 0 Å². The minimum absolute atomic E-state index is 1.03. The fraction of sp³-hybridized carbons (Fsp3) is 0.667. The highest BCUT2D eigenvalue weighted by Crippen LogP contribution is 2.33. The molecule has 1 saturated carbocycles. The maximum absolute atomic E-state index is 4.50. The van der Waals surface area contributed by atoms with Crippen LogP contribution in [-0.2, 0) is 4.84 Å². The maximum atomic E-state index is 4.50. The molecule has 0 radical (unpaired) electrons. The van der Waals surface area contributed by atoms with Crippen molar-refractivity contribution in [2.75, 3.05) is 7.11 Å². The molecule has 1 fully saturated rings. The lowest BCUT2D eigenvalue weighted by atomic mass is 10.2. The molecule has 62 valence electrons. The second-order valence-electron chi connectivity index (χ2n) is 2.89. The van der Waals surface area contributed by atoms with Crippen LogP contribution in [0.15, 0.2) is 17.3 Å². The van der Waals surface area contributed by atoms with Crippen molar-refractivity contribution >= 4 is 6.21 Å². The second-order valence-corrected chi connectivity index (χ2v) is 2.89. The van der Waals surface area contributed by atoms with Crippen LogP contribution in [0.3, 0.4) is 0 Å². The van der Waals surface area contributed by atoms with Crippen LogP contribution in [0.4, 0.5) is 0 Å². The molecular weight excluding hydrogens is 138 g/mol. The Morgan fingerprint density at radius 3 is 3.00 bits per heavy atom. The highest BCUT2D eigenvalue weighted by molar-refractivity contribution is 5.70. The number of hydrogen-bond donors (Lipinski definition) is 0. The van der Waals surface area contributed by atoms with Crippen LogP contribution < -0.4 is 0 Å². The van der Waals surface area contributed by atoms with Crippen LogP contribution in [0.2, 0.25) is 0 Å². The van der Waals surface area contributed by atoms with Gasteiger partial charge in [-0.2, -0.15) is 0 Å². The molecule has 0 spiro atoms. The Balaban J connectivity index is 1.91. The molecule has 0 N–H and O–H groups in total. The van der Waals surface area contributed by atoms with Gasteiger partial charge >= 0.3 is 0 Å². The van der Waals surface area contributed by atoms with Gasteiger partial charge in [-0.1, -0.05) is 24.1 Å². The first-order valence-electron chi connectivity index (χ1n) is 4.15. The van der Waals surface area contributed by atoms with Gasteiger partial charge < -0.3 is 4.84 Å². The van der Waals surface area contributed by atoms with Crippen LogP contribution in [0.1, 0.15) is 25.7 Å². The van der Waals surface area contributed by atoms with Gasteiger partial charge in [0.1, 0.15) is 7.11 Å². The third kappa shape index (κ3) is 4.59. The molecule has 0 unspecified atom stereocenters. The molecule has 0 aromatic rings. The summed E-state index contributed by atoms with van der Waals surface area (Å²) in [5.41, 5.74) is 0. The molecule has 1 aliphatic carbocycles. The summed E-state index contributed by atoms with van der Waals surface area (Å²) in [4.78, 5) is 4.50. The Hall–Kier alpha value is -0.790. The van der Waals surface area contributed by atoms with E-state index in [0.29, 0.717) is 0 Å². The van der Waals surface area contributed by atoms with Crippen LogP contribution in [-0.4, -0.2) is 13.3 Å². The van der Waals surface area contributed by atoms with Crippen molar-refractivity contribution in [2.24, 2.45) is 11.1 Å². The average Bonchev–Trinajstić information content (AvgIpc) is 2.80. The average molecular weight is 153 g/mol. The van der Waals surface area contributed by atoms with Gasteiger partial charge in [-0.25, -0.2) is 0 Å². The molecule has 11 heavy (non-hydrogen) atoms. The summed E-state index contributed by atoms with van der Waals surface area (Å²) in [7, 11) is 1.55. The lowest BCUT2D eigenvalue weighted by molar-refractivity contribution is 0.215. The van der Waals surface area contributed by atoms with Crippen LogP contribution in [0, 0.1) is 5.92 Å². The summed E-state index contributed by atoms with van der Waals surface area (Å²) < 4.78 is 0. The quantitative estimate of drug-likeness (QED) is 0.439. The predicted molar refractivity (Wildman–Crippen MR) is 46.6 cm³/mol. The van der Waals surface area contributed by atoms with Gasteiger partial charge in [-0.15, -0.1) is 0 Å². The SMILES string of the molecule is CON=CC=CCCC1CC1. The lowest BCUT2D eigenvalue weighted by Crippen LogP contribution is -1.73. The van der Waals surface area contributed by atoms with Crippen molar-refractivity contribution < 1.29 is 4.84 Å². The molecule has 2 nitrogen and oxygen atoms in total. The van der Waals surface area contributed by atoms with Crippen molar-refractivity contribution in [3.63, 3.8) is 0 Å². The minimum atomic E-state index is 1.03. The van der Waals surface area contributed by atoms with Gasteiger partial charge in [-0.3, -0.25) is 0 Å². The fourth-order valence-corrected chi connectivity index (χ4v) is 0.992. The molecule has 0 bridgehead atoms. The van der Waals surface area contributed by atoms with E-state index in [1.807, 2.05) is 6.08 Å². The van der Waals surface area contributed by atoms with Crippen molar-refractivity contribution in [3.8, 4) is 0 Å². The Bertz CT molecular complexity index is 148. The van der Waals surface area contributed by atoms with Gasteiger partial charge in [0.15, 0.2) is 0 Å². The number of oxime groups is 1. The van der Waals surface area contributed by atoms with Crippen molar-refractivity contribution in [1.82, 2.24) is 0 Å². The normalized spacial score (nSPS) is 18.3. The van der Waals surface area contributed by atoms with E-state index in [1.165, 1.54) is 25.7 Å². The second kappa shape index (κ2) is 4.94. The predicted octanol–water partition coefficient (Wildman–Crippen LogP) is 2.37. The highest BCUT2D eigenvalue weighted by Gasteiger charge is 2.19.